The van der Waals surface area contributed by atoms with Crippen molar-refractivity contribution in [1.82, 2.24) is 19.7 Å². The molecule has 1 fully saturated rings. The molecule has 0 saturated heterocycles. The van der Waals surface area contributed by atoms with Crippen LogP contribution in [0.1, 0.15) is 30.3 Å². The van der Waals surface area contributed by atoms with E-state index in [0.29, 0.717) is 18.3 Å². The molecule has 0 atom stereocenters. The maximum atomic E-state index is 12.2. The summed E-state index contributed by atoms with van der Waals surface area (Å²) in [7, 11) is 1.84. The molecule has 1 aliphatic rings. The lowest BCUT2D eigenvalue weighted by molar-refractivity contribution is -0.127. The molecular formula is C14H18N4OS2. The lowest BCUT2D eigenvalue weighted by Gasteiger charge is -2.16. The number of carbonyl (C=O) groups excluding carboxylic acids is 1. The van der Waals surface area contributed by atoms with E-state index in [1.165, 1.54) is 30.2 Å². The Bertz CT molecular complexity index is 619. The van der Waals surface area contributed by atoms with Crippen molar-refractivity contribution in [3.63, 3.8) is 0 Å². The van der Waals surface area contributed by atoms with Gasteiger partial charge in [0.1, 0.15) is 5.82 Å². The van der Waals surface area contributed by atoms with E-state index in [4.69, 9.17) is 0 Å². The second-order valence-electron chi connectivity index (χ2n) is 5.30. The van der Waals surface area contributed by atoms with Crippen LogP contribution in [-0.4, -0.2) is 38.4 Å². The zero-order valence-corrected chi connectivity index (χ0v) is 13.8. The molecule has 2 aromatic heterocycles. The van der Waals surface area contributed by atoms with Gasteiger partial charge in [0, 0.05) is 19.6 Å². The highest BCUT2D eigenvalue weighted by Crippen LogP contribution is 2.38. The number of aryl methyl sites for hydroxylation is 1. The minimum absolute atomic E-state index is 0.120. The van der Waals surface area contributed by atoms with Crippen LogP contribution in [-0.2, 0) is 11.3 Å². The molecule has 0 aromatic carbocycles. The van der Waals surface area contributed by atoms with E-state index < -0.39 is 0 Å². The Morgan fingerprint density at radius 1 is 1.52 bits per heavy atom. The van der Waals surface area contributed by atoms with Crippen molar-refractivity contribution in [1.29, 1.82) is 0 Å². The molecule has 7 heteroatoms. The van der Waals surface area contributed by atoms with Crippen molar-refractivity contribution >= 4 is 29.0 Å². The van der Waals surface area contributed by atoms with Gasteiger partial charge in [0.25, 0.3) is 0 Å². The smallest absolute Gasteiger partial charge is 0.233 e. The predicted octanol–water partition coefficient (Wildman–Crippen LogP) is 2.73. The van der Waals surface area contributed by atoms with Crippen LogP contribution in [0.3, 0.4) is 0 Å². The van der Waals surface area contributed by atoms with Crippen LogP contribution in [0.25, 0.3) is 0 Å². The number of thiophene rings is 1. The maximum Gasteiger partial charge on any atom is 0.233 e. The molecule has 0 unspecified atom stereocenters. The second-order valence-corrected chi connectivity index (χ2v) is 7.02. The molecule has 0 bridgehead atoms. The molecule has 112 valence electrons. The minimum atomic E-state index is 0.120. The number of aromatic nitrogens is 3. The Labute approximate surface area is 132 Å². The van der Waals surface area contributed by atoms with Crippen LogP contribution in [0.15, 0.2) is 22.0 Å². The average molecular weight is 322 g/mol. The van der Waals surface area contributed by atoms with Crippen LogP contribution in [0.2, 0.25) is 0 Å². The molecule has 0 spiro atoms. The van der Waals surface area contributed by atoms with Gasteiger partial charge in [-0.25, -0.2) is 0 Å². The number of nitrogens with zero attached hydrogens (tertiary/aromatic N) is 4. The lowest BCUT2D eigenvalue weighted by Crippen LogP contribution is -2.27. The minimum Gasteiger partial charge on any atom is -0.341 e. The monoisotopic (exact) mass is 322 g/mol. The van der Waals surface area contributed by atoms with E-state index in [-0.39, 0.29) is 5.91 Å². The van der Waals surface area contributed by atoms with E-state index in [0.717, 1.165) is 11.0 Å². The summed E-state index contributed by atoms with van der Waals surface area (Å²) >= 11 is 3.14. The van der Waals surface area contributed by atoms with Crippen molar-refractivity contribution in [2.24, 2.45) is 0 Å². The Morgan fingerprint density at radius 2 is 2.33 bits per heavy atom. The molecule has 0 N–H and O–H groups in total. The lowest BCUT2D eigenvalue weighted by atomic mass is 10.3. The maximum absolute atomic E-state index is 12.2. The van der Waals surface area contributed by atoms with Gasteiger partial charge in [-0.05, 0) is 42.2 Å². The summed E-state index contributed by atoms with van der Waals surface area (Å²) in [6.45, 7) is 2.64. The molecule has 2 heterocycles. The molecule has 21 heavy (non-hydrogen) atoms. The molecule has 1 amide bonds. The molecule has 0 aliphatic heterocycles. The van der Waals surface area contributed by atoms with Crippen LogP contribution in [0, 0.1) is 6.92 Å². The highest BCUT2D eigenvalue weighted by molar-refractivity contribution is 7.99. The fraction of sp³-hybridized carbons (Fsp3) is 0.500. The third kappa shape index (κ3) is 3.47. The standard InChI is InChI=1S/C14H18N4OS2/c1-10-15-16-14(18(10)12-3-4-12)21-9-13(19)17(2)7-11-5-6-20-8-11/h5-6,8,12H,3-4,7,9H2,1-2H3. The fourth-order valence-corrected chi connectivity index (χ4v) is 3.83. The van der Waals surface area contributed by atoms with E-state index in [1.807, 2.05) is 19.4 Å². The molecule has 2 aromatic rings. The summed E-state index contributed by atoms with van der Waals surface area (Å²) in [5, 5.41) is 13.3. The number of carbonyl (C=O) groups is 1. The normalized spacial score (nSPS) is 14.4. The van der Waals surface area contributed by atoms with Gasteiger partial charge in [-0.15, -0.1) is 10.2 Å². The SMILES string of the molecule is Cc1nnc(SCC(=O)N(C)Cc2ccsc2)n1C1CC1. The van der Waals surface area contributed by atoms with Gasteiger partial charge in [0.15, 0.2) is 5.16 Å². The summed E-state index contributed by atoms with van der Waals surface area (Å²) < 4.78 is 2.16. The summed E-state index contributed by atoms with van der Waals surface area (Å²) in [4.78, 5) is 14.0. The third-order valence-electron chi connectivity index (χ3n) is 3.50. The van der Waals surface area contributed by atoms with Gasteiger partial charge in [-0.1, -0.05) is 11.8 Å². The molecular weight excluding hydrogens is 304 g/mol. The molecule has 1 aliphatic carbocycles. The Morgan fingerprint density at radius 3 is 3.00 bits per heavy atom. The zero-order chi connectivity index (χ0) is 14.8. The number of hydrogen-bond donors (Lipinski definition) is 0. The van der Waals surface area contributed by atoms with E-state index >= 15 is 0 Å². The van der Waals surface area contributed by atoms with Gasteiger partial charge in [-0.3, -0.25) is 4.79 Å². The summed E-state index contributed by atoms with van der Waals surface area (Å²) in [6, 6.07) is 2.59. The number of thioether (sulfide) groups is 1. The third-order valence-corrected chi connectivity index (χ3v) is 5.16. The highest BCUT2D eigenvalue weighted by Gasteiger charge is 2.28. The first kappa shape index (κ1) is 14.6. The summed E-state index contributed by atoms with van der Waals surface area (Å²) in [5.74, 6) is 1.47. The van der Waals surface area contributed by atoms with Gasteiger partial charge < -0.3 is 9.47 Å². The van der Waals surface area contributed by atoms with Gasteiger partial charge in [-0.2, -0.15) is 11.3 Å². The first-order chi connectivity index (χ1) is 10.1. The first-order valence-electron chi connectivity index (χ1n) is 6.94. The van der Waals surface area contributed by atoms with Gasteiger partial charge in [0.2, 0.25) is 5.91 Å². The first-order valence-corrected chi connectivity index (χ1v) is 8.87. The quantitative estimate of drug-likeness (QED) is 0.767. The average Bonchev–Trinajstić information content (AvgIpc) is 3.04. The van der Waals surface area contributed by atoms with Crippen molar-refractivity contribution in [3.05, 3.63) is 28.2 Å². The summed E-state index contributed by atoms with van der Waals surface area (Å²) in [5.41, 5.74) is 1.18. The van der Waals surface area contributed by atoms with Gasteiger partial charge in [0.05, 0.1) is 5.75 Å². The topological polar surface area (TPSA) is 51.0 Å². The second kappa shape index (κ2) is 6.19. The van der Waals surface area contributed by atoms with Crippen molar-refractivity contribution in [2.75, 3.05) is 12.8 Å². The fourth-order valence-electron chi connectivity index (χ4n) is 2.18. The zero-order valence-electron chi connectivity index (χ0n) is 12.2. The number of amides is 1. The molecule has 1 saturated carbocycles. The largest absolute Gasteiger partial charge is 0.341 e. The van der Waals surface area contributed by atoms with Crippen LogP contribution in [0.4, 0.5) is 0 Å². The van der Waals surface area contributed by atoms with Gasteiger partial charge >= 0.3 is 0 Å². The Kier molecular flexibility index (Phi) is 4.30. The summed E-state index contributed by atoms with van der Waals surface area (Å²) in [6.07, 6.45) is 2.39. The van der Waals surface area contributed by atoms with Crippen molar-refractivity contribution < 1.29 is 4.79 Å². The van der Waals surface area contributed by atoms with Crippen LogP contribution < -0.4 is 0 Å². The van der Waals surface area contributed by atoms with E-state index in [2.05, 4.69) is 26.2 Å². The highest BCUT2D eigenvalue weighted by atomic mass is 32.2. The molecule has 0 radical (unpaired) electrons. The number of hydrogen-bond acceptors (Lipinski definition) is 5. The Balaban J connectivity index is 1.56. The van der Waals surface area contributed by atoms with Crippen molar-refractivity contribution in [3.8, 4) is 0 Å². The predicted molar refractivity (Wildman–Crippen MR) is 84.5 cm³/mol. The Hall–Kier alpha value is -1.34. The van der Waals surface area contributed by atoms with E-state index in [1.54, 1.807) is 16.2 Å². The van der Waals surface area contributed by atoms with Crippen LogP contribution in [0.5, 0.6) is 0 Å². The van der Waals surface area contributed by atoms with Crippen molar-refractivity contribution in [2.45, 2.75) is 37.5 Å². The number of rotatable bonds is 6. The molecule has 5 nitrogen and oxygen atoms in total. The van der Waals surface area contributed by atoms with Crippen LogP contribution >= 0.6 is 23.1 Å². The molecule has 3 rings (SSSR count). The van der Waals surface area contributed by atoms with E-state index in [9.17, 15) is 4.79 Å².